The third-order valence-electron chi connectivity index (χ3n) is 22.6. The molecule has 3 fully saturated rings. The highest BCUT2D eigenvalue weighted by Crippen LogP contribution is 2.43. The molecule has 3 aromatic heterocycles. The number of piperidine rings is 3. The van der Waals surface area contributed by atoms with E-state index in [1.165, 1.54) is 38.9 Å². The van der Waals surface area contributed by atoms with Gasteiger partial charge in [-0.25, -0.2) is 29.9 Å². The van der Waals surface area contributed by atoms with E-state index < -0.39 is 0 Å². The number of para-hydroxylation sites is 2. The molecule has 12 aromatic rings. The summed E-state index contributed by atoms with van der Waals surface area (Å²) in [6.45, 7) is 21.9. The predicted molar refractivity (Wildman–Crippen MR) is 451 cm³/mol. The lowest BCUT2D eigenvalue weighted by Crippen LogP contribution is -2.44. The lowest BCUT2D eigenvalue weighted by atomic mass is 9.90. The van der Waals surface area contributed by atoms with Crippen molar-refractivity contribution in [1.29, 1.82) is 0 Å². The average molecular weight is 1560 g/mol. The molecule has 0 spiro atoms. The number of amides is 1. The molecule has 18 nitrogen and oxygen atoms in total. The van der Waals surface area contributed by atoms with Gasteiger partial charge in [0.05, 0.1) is 33.6 Å². The van der Waals surface area contributed by atoms with Crippen LogP contribution in [0.2, 0.25) is 15.1 Å². The lowest BCUT2D eigenvalue weighted by Gasteiger charge is -2.38. The first-order chi connectivity index (χ1) is 54.6. The molecule has 18 rings (SSSR count). The second-order valence-electron chi connectivity index (χ2n) is 30.3. The maximum atomic E-state index is 11.9. The zero-order chi connectivity index (χ0) is 76.8. The van der Waals surface area contributed by atoms with E-state index >= 15 is 0 Å². The summed E-state index contributed by atoms with van der Waals surface area (Å²) >= 11 is 18.1. The molecule has 0 bridgehead atoms. The molecule has 3 saturated heterocycles. The minimum Gasteiger partial charge on any atom is -0.486 e. The van der Waals surface area contributed by atoms with Gasteiger partial charge in [0.15, 0.2) is 23.0 Å². The second kappa shape index (κ2) is 34.4. The van der Waals surface area contributed by atoms with Crippen LogP contribution in [0.4, 0.5) is 17.8 Å². The number of rotatable bonds is 15. The number of halogens is 3. The first kappa shape index (κ1) is 75.8. The Labute approximate surface area is 670 Å². The summed E-state index contributed by atoms with van der Waals surface area (Å²) in [5.41, 5.74) is 18.8. The number of benzene rings is 9. The Morgan fingerprint density at radius 2 is 0.830 bits per heavy atom. The van der Waals surface area contributed by atoms with Crippen molar-refractivity contribution in [2.45, 2.75) is 130 Å². The minimum absolute atomic E-state index is 0.137. The smallest absolute Gasteiger partial charge is 0.223 e. The number of likely N-dealkylation sites (tertiary alicyclic amines) is 3. The second-order valence-corrected chi connectivity index (χ2v) is 31.7. The molecule has 2 unspecified atom stereocenters. The summed E-state index contributed by atoms with van der Waals surface area (Å²) in [7, 11) is 0. The number of carbonyl (C=O) groups excluding carboxylic acids is 1. The largest absolute Gasteiger partial charge is 0.486 e. The van der Waals surface area contributed by atoms with Gasteiger partial charge in [0.1, 0.15) is 26.4 Å². The number of anilines is 3. The first-order valence-corrected chi connectivity index (χ1v) is 40.4. The Balaban J connectivity index is 0.000000127. The molecule has 1 amide bonds. The molecule has 9 aromatic carbocycles. The van der Waals surface area contributed by atoms with Crippen LogP contribution in [-0.4, -0.2) is 145 Å². The molecule has 0 aliphatic carbocycles. The van der Waals surface area contributed by atoms with Crippen molar-refractivity contribution in [3.8, 4) is 56.4 Å². The SMILES string of the molecule is CC(=O)N1CCc2c(cccc2-c2ccc3nc(NC4CCN(Cc5ccc(Cl)cc5)CC4)nc(C)c3c2)C1.Cc1nc(NC2CCN(Cc3ccc(Cl)cc3)C(C)C2)nc2ccc(-c3cccc4c3OCCO4)cc12.Cc1nc(NC2CCN(Cc3ccc(Cl)cc3)CC2)nc2ccc(-c3cccc4c3OCCO4)cc12. The highest BCUT2D eigenvalue weighted by Gasteiger charge is 2.29. The Kier molecular flexibility index (Phi) is 23.3. The molecule has 574 valence electrons. The van der Waals surface area contributed by atoms with Crippen LogP contribution in [0.5, 0.6) is 23.0 Å². The van der Waals surface area contributed by atoms with Crippen LogP contribution in [0.3, 0.4) is 0 Å². The van der Waals surface area contributed by atoms with Gasteiger partial charge in [-0.1, -0.05) is 132 Å². The van der Waals surface area contributed by atoms with Crippen LogP contribution in [-0.2, 0) is 37.4 Å². The molecule has 21 heteroatoms. The van der Waals surface area contributed by atoms with Crippen LogP contribution in [0.1, 0.15) is 97.3 Å². The third kappa shape index (κ3) is 18.0. The van der Waals surface area contributed by atoms with Gasteiger partial charge in [-0.3, -0.25) is 19.5 Å². The Hall–Kier alpha value is -10.2. The maximum Gasteiger partial charge on any atom is 0.223 e. The van der Waals surface area contributed by atoms with Crippen molar-refractivity contribution in [1.82, 2.24) is 49.5 Å². The Morgan fingerprint density at radius 1 is 0.438 bits per heavy atom. The van der Waals surface area contributed by atoms with Gasteiger partial charge in [-0.05, 0) is 208 Å². The fourth-order valence-corrected chi connectivity index (χ4v) is 16.8. The first-order valence-electron chi connectivity index (χ1n) is 39.3. The summed E-state index contributed by atoms with van der Waals surface area (Å²) in [5.74, 6) is 5.47. The molecule has 9 heterocycles. The fraction of sp³-hybridized carbons (Fsp3) is 0.330. The molecule has 112 heavy (non-hydrogen) atoms. The van der Waals surface area contributed by atoms with Gasteiger partial charge in [0.25, 0.3) is 0 Å². The molecule has 0 radical (unpaired) electrons. The minimum atomic E-state index is 0.137. The van der Waals surface area contributed by atoms with E-state index in [1.54, 1.807) is 6.92 Å². The topological polar surface area (TPSA) is 180 Å². The van der Waals surface area contributed by atoms with Crippen LogP contribution < -0.4 is 34.9 Å². The summed E-state index contributed by atoms with van der Waals surface area (Å²) < 4.78 is 23.4. The van der Waals surface area contributed by atoms with Gasteiger partial charge in [0, 0.05) is 139 Å². The Morgan fingerprint density at radius 3 is 1.27 bits per heavy atom. The number of ether oxygens (including phenoxy) is 4. The van der Waals surface area contributed by atoms with E-state index in [2.05, 4.69) is 173 Å². The summed E-state index contributed by atoms with van der Waals surface area (Å²) in [4.78, 5) is 50.4. The Bertz CT molecular complexity index is 5370. The van der Waals surface area contributed by atoms with Crippen molar-refractivity contribution in [3.63, 3.8) is 0 Å². The van der Waals surface area contributed by atoms with Gasteiger partial charge in [-0.2, -0.15) is 0 Å². The normalized spacial score (nSPS) is 17.4. The van der Waals surface area contributed by atoms with E-state index in [0.717, 1.165) is 214 Å². The van der Waals surface area contributed by atoms with E-state index in [9.17, 15) is 4.79 Å². The zero-order valence-corrected chi connectivity index (χ0v) is 66.4. The van der Waals surface area contributed by atoms with Crippen molar-refractivity contribution in [2.24, 2.45) is 0 Å². The molecule has 0 saturated carbocycles. The fourth-order valence-electron chi connectivity index (χ4n) is 16.4. The highest BCUT2D eigenvalue weighted by molar-refractivity contribution is 6.31. The highest BCUT2D eigenvalue weighted by atomic mass is 35.5. The lowest BCUT2D eigenvalue weighted by molar-refractivity contribution is -0.129. The van der Waals surface area contributed by atoms with Crippen LogP contribution in [0.15, 0.2) is 182 Å². The van der Waals surface area contributed by atoms with Crippen molar-refractivity contribution >= 4 is 91.3 Å². The monoisotopic (exact) mass is 1550 g/mol. The summed E-state index contributed by atoms with van der Waals surface area (Å²) in [6, 6.07) is 63.6. The summed E-state index contributed by atoms with van der Waals surface area (Å²) in [6.07, 6.45) is 7.23. The van der Waals surface area contributed by atoms with E-state index in [4.69, 9.17) is 83.7 Å². The van der Waals surface area contributed by atoms with Crippen LogP contribution in [0, 0.1) is 20.8 Å². The van der Waals surface area contributed by atoms with Gasteiger partial charge in [-0.15, -0.1) is 0 Å². The number of nitrogens with one attached hydrogen (secondary N) is 3. The molecular formula is C91H94Cl3N13O5. The average Bonchev–Trinajstić information content (AvgIpc) is 0.782. The third-order valence-corrected chi connectivity index (χ3v) is 23.3. The molecule has 6 aliphatic rings. The number of nitrogens with zero attached hydrogens (tertiary/aromatic N) is 10. The predicted octanol–water partition coefficient (Wildman–Crippen LogP) is 18.8. The standard InChI is InChI=1S/C32H34ClN5O.C30H31ClN4O2.C29H29ClN4O2/c1-21-30-18-24(28-5-3-4-25-20-38(22(2)39)17-14-29(25)28)8-11-31(30)36-32(34-21)35-27-12-15-37(16-13-27)19-23-6-9-26(33)10-7-23;1-19-16-24(12-13-35(19)18-21-6-9-23(31)10-7-21)33-30-32-20(2)26-17-22(8-11-27(26)34-30)25-4-3-5-28-29(25)37-15-14-36-28;1-19-25-17-21(24-3-2-4-27-28(24)36-16-15-35-27)7-10-26(25)33-29(31-19)32-23-11-13-34(14-12-23)18-20-5-8-22(30)9-6-20/h3-11,18,27H,12-17,19-20H2,1-2H3,(H,34,35,36);3-11,17,19,24H,12-16,18H2,1-2H3,(H,32,33,34);2-10,17,23H,11-16,18H2,1H3,(H,31,32,33). The summed E-state index contributed by atoms with van der Waals surface area (Å²) in [5, 5.41) is 16.3. The number of aromatic nitrogens is 6. The van der Waals surface area contributed by atoms with E-state index in [-0.39, 0.29) is 5.91 Å². The van der Waals surface area contributed by atoms with Crippen molar-refractivity contribution < 1.29 is 23.7 Å². The molecule has 2 atom stereocenters. The molecular weight excluding hydrogens is 1460 g/mol. The number of fused-ring (bicyclic) bond motifs is 6. The molecule has 3 N–H and O–H groups in total. The number of hydrogen-bond donors (Lipinski definition) is 3. The van der Waals surface area contributed by atoms with Gasteiger partial charge < -0.3 is 39.8 Å². The number of aryl methyl sites for hydroxylation is 3. The van der Waals surface area contributed by atoms with Crippen molar-refractivity contribution in [3.05, 3.63) is 242 Å². The van der Waals surface area contributed by atoms with Crippen molar-refractivity contribution in [2.75, 3.05) is 81.6 Å². The van der Waals surface area contributed by atoms with Gasteiger partial charge in [0.2, 0.25) is 23.8 Å². The number of hydrogen-bond acceptors (Lipinski definition) is 17. The van der Waals surface area contributed by atoms with E-state index in [1.807, 2.05) is 72.5 Å². The quantitative estimate of drug-likeness (QED) is 0.0881. The zero-order valence-electron chi connectivity index (χ0n) is 64.1. The van der Waals surface area contributed by atoms with Crippen LogP contribution in [0.25, 0.3) is 66.1 Å². The molecule has 6 aliphatic heterocycles. The van der Waals surface area contributed by atoms with Gasteiger partial charge >= 0.3 is 0 Å². The van der Waals surface area contributed by atoms with E-state index in [0.29, 0.717) is 75.0 Å². The maximum absolute atomic E-state index is 11.9. The van der Waals surface area contributed by atoms with Crippen LogP contribution >= 0.6 is 34.8 Å². The number of carbonyl (C=O) groups is 1.